The minimum atomic E-state index is 0.675. The van der Waals surface area contributed by atoms with E-state index in [0.717, 1.165) is 16.3 Å². The van der Waals surface area contributed by atoms with Gasteiger partial charge in [0, 0.05) is 0 Å². The van der Waals surface area contributed by atoms with Crippen LogP contribution in [0.3, 0.4) is 0 Å². The predicted molar refractivity (Wildman–Crippen MR) is 46.5 cm³/mol. The summed E-state index contributed by atoms with van der Waals surface area (Å²) >= 11 is 1.44. The molecular weight excluding hydrogens is 188 g/mol. The van der Waals surface area contributed by atoms with Crippen LogP contribution in [0.1, 0.15) is 11.5 Å². The van der Waals surface area contributed by atoms with Gasteiger partial charge in [-0.2, -0.15) is 0 Å². The topological polar surface area (TPSA) is 67.6 Å². The van der Waals surface area contributed by atoms with Gasteiger partial charge in [0.2, 0.25) is 5.16 Å². The van der Waals surface area contributed by atoms with E-state index in [1.165, 1.54) is 11.8 Å². The first-order chi connectivity index (χ1) is 6.27. The zero-order valence-electron chi connectivity index (χ0n) is 7.24. The van der Waals surface area contributed by atoms with E-state index >= 15 is 0 Å². The van der Waals surface area contributed by atoms with Gasteiger partial charge in [0.15, 0.2) is 0 Å². The summed E-state index contributed by atoms with van der Waals surface area (Å²) in [5.74, 6) is 0.798. The van der Waals surface area contributed by atoms with Crippen LogP contribution in [0.25, 0.3) is 0 Å². The zero-order chi connectivity index (χ0) is 9.26. The number of hydrogen-bond donors (Lipinski definition) is 1. The summed E-state index contributed by atoms with van der Waals surface area (Å²) in [4.78, 5) is 4.99. The molecule has 2 aromatic rings. The second-order valence-corrected chi connectivity index (χ2v) is 3.51. The summed E-state index contributed by atoms with van der Waals surface area (Å²) in [6.07, 6.45) is 1.54. The van der Waals surface area contributed by atoms with Gasteiger partial charge in [0.05, 0.1) is 10.6 Å². The monoisotopic (exact) mass is 196 g/mol. The van der Waals surface area contributed by atoms with Gasteiger partial charge in [0.25, 0.3) is 0 Å². The molecule has 0 aromatic carbocycles. The van der Waals surface area contributed by atoms with Crippen molar-refractivity contribution in [1.82, 2.24) is 20.3 Å². The lowest BCUT2D eigenvalue weighted by molar-refractivity contribution is 0.391. The van der Waals surface area contributed by atoms with E-state index in [1.807, 2.05) is 13.8 Å². The van der Waals surface area contributed by atoms with E-state index in [4.69, 9.17) is 4.52 Å². The second-order valence-electron chi connectivity index (χ2n) is 2.54. The molecule has 0 aliphatic carbocycles. The van der Waals surface area contributed by atoms with E-state index < -0.39 is 0 Å². The molecular formula is C7H8N4OS. The van der Waals surface area contributed by atoms with Crippen LogP contribution in [0.5, 0.6) is 0 Å². The third-order valence-electron chi connectivity index (χ3n) is 1.55. The maximum Gasteiger partial charge on any atom is 0.213 e. The molecule has 6 heteroatoms. The summed E-state index contributed by atoms with van der Waals surface area (Å²) in [6, 6.07) is 0. The van der Waals surface area contributed by atoms with Crippen molar-refractivity contribution in [2.45, 2.75) is 23.9 Å². The second kappa shape index (κ2) is 3.21. The van der Waals surface area contributed by atoms with Gasteiger partial charge in [-0.05, 0) is 25.6 Å². The summed E-state index contributed by atoms with van der Waals surface area (Å²) in [5.41, 5.74) is 0.868. The SMILES string of the molecule is Cc1noc(C)c1Sc1nc[nH]n1. The standard InChI is InChI=1S/C7H8N4OS/c1-4-6(5(2)12-11-4)13-7-8-3-9-10-7/h3H,1-2H3,(H,8,9,10). The van der Waals surface area contributed by atoms with Crippen LogP contribution in [-0.4, -0.2) is 20.3 Å². The van der Waals surface area contributed by atoms with Gasteiger partial charge < -0.3 is 4.52 Å². The molecule has 0 bridgehead atoms. The number of nitrogens with one attached hydrogen (secondary N) is 1. The highest BCUT2D eigenvalue weighted by Gasteiger charge is 2.11. The summed E-state index contributed by atoms with van der Waals surface area (Å²) < 4.78 is 5.01. The van der Waals surface area contributed by atoms with Crippen molar-refractivity contribution in [2.75, 3.05) is 0 Å². The molecule has 2 heterocycles. The van der Waals surface area contributed by atoms with Crippen molar-refractivity contribution in [2.24, 2.45) is 0 Å². The van der Waals surface area contributed by atoms with Crippen molar-refractivity contribution >= 4 is 11.8 Å². The number of aromatic amines is 1. The van der Waals surface area contributed by atoms with Crippen LogP contribution in [0.4, 0.5) is 0 Å². The van der Waals surface area contributed by atoms with Gasteiger partial charge in [-0.3, -0.25) is 5.10 Å². The summed E-state index contributed by atoms with van der Waals surface area (Å²) in [6.45, 7) is 3.76. The van der Waals surface area contributed by atoms with Gasteiger partial charge in [-0.1, -0.05) is 5.16 Å². The maximum atomic E-state index is 5.01. The molecule has 13 heavy (non-hydrogen) atoms. The third kappa shape index (κ3) is 1.57. The Kier molecular flexibility index (Phi) is 2.05. The molecule has 0 aliphatic heterocycles. The molecule has 0 atom stereocenters. The Morgan fingerprint density at radius 2 is 2.31 bits per heavy atom. The highest BCUT2D eigenvalue weighted by molar-refractivity contribution is 7.99. The number of rotatable bonds is 2. The van der Waals surface area contributed by atoms with Crippen molar-refractivity contribution < 1.29 is 4.52 Å². The molecule has 0 saturated heterocycles. The maximum absolute atomic E-state index is 5.01. The van der Waals surface area contributed by atoms with Crippen LogP contribution in [0.15, 0.2) is 20.9 Å². The largest absolute Gasteiger partial charge is 0.360 e. The van der Waals surface area contributed by atoms with Crippen molar-refractivity contribution in [3.05, 3.63) is 17.8 Å². The Balaban J connectivity index is 2.27. The molecule has 0 spiro atoms. The highest BCUT2D eigenvalue weighted by atomic mass is 32.2. The van der Waals surface area contributed by atoms with E-state index in [0.29, 0.717) is 5.16 Å². The number of nitrogens with zero attached hydrogens (tertiary/aromatic N) is 3. The quantitative estimate of drug-likeness (QED) is 0.789. The molecule has 0 radical (unpaired) electrons. The first kappa shape index (κ1) is 8.31. The lowest BCUT2D eigenvalue weighted by Gasteiger charge is -1.92. The Morgan fingerprint density at radius 3 is 2.85 bits per heavy atom. The number of H-pyrrole nitrogens is 1. The fourth-order valence-electron chi connectivity index (χ4n) is 0.958. The zero-order valence-corrected chi connectivity index (χ0v) is 8.05. The van der Waals surface area contributed by atoms with Crippen LogP contribution in [0, 0.1) is 13.8 Å². The van der Waals surface area contributed by atoms with Gasteiger partial charge in [-0.25, -0.2) is 4.98 Å². The van der Waals surface area contributed by atoms with Crippen LogP contribution in [0.2, 0.25) is 0 Å². The lowest BCUT2D eigenvalue weighted by atomic mass is 10.4. The highest BCUT2D eigenvalue weighted by Crippen LogP contribution is 2.29. The van der Waals surface area contributed by atoms with Crippen molar-refractivity contribution in [3.63, 3.8) is 0 Å². The molecule has 68 valence electrons. The third-order valence-corrected chi connectivity index (χ3v) is 2.72. The Labute approximate surface area is 78.9 Å². The van der Waals surface area contributed by atoms with E-state index in [-0.39, 0.29) is 0 Å². The van der Waals surface area contributed by atoms with Crippen molar-refractivity contribution in [3.8, 4) is 0 Å². The fourth-order valence-corrected chi connectivity index (χ4v) is 1.71. The Morgan fingerprint density at radius 1 is 1.46 bits per heavy atom. The minimum absolute atomic E-state index is 0.675. The number of aryl methyl sites for hydroxylation is 2. The molecule has 1 N–H and O–H groups in total. The molecule has 5 nitrogen and oxygen atoms in total. The van der Waals surface area contributed by atoms with Crippen LogP contribution >= 0.6 is 11.8 Å². The first-order valence-electron chi connectivity index (χ1n) is 3.74. The number of hydrogen-bond acceptors (Lipinski definition) is 5. The first-order valence-corrected chi connectivity index (χ1v) is 4.55. The van der Waals surface area contributed by atoms with Crippen LogP contribution < -0.4 is 0 Å². The summed E-state index contributed by atoms with van der Waals surface area (Å²) in [5, 5.41) is 11.1. The van der Waals surface area contributed by atoms with E-state index in [1.54, 1.807) is 6.33 Å². The molecule has 0 aliphatic rings. The summed E-state index contributed by atoms with van der Waals surface area (Å²) in [7, 11) is 0. The average molecular weight is 196 g/mol. The van der Waals surface area contributed by atoms with E-state index in [2.05, 4.69) is 20.3 Å². The molecule has 0 fully saturated rings. The van der Waals surface area contributed by atoms with Gasteiger partial charge >= 0.3 is 0 Å². The Hall–Kier alpha value is -1.30. The molecule has 0 saturated carbocycles. The predicted octanol–water partition coefficient (Wildman–Crippen LogP) is 1.56. The smallest absolute Gasteiger partial charge is 0.213 e. The van der Waals surface area contributed by atoms with Crippen LogP contribution in [-0.2, 0) is 0 Å². The number of aromatic nitrogens is 4. The molecule has 0 unspecified atom stereocenters. The van der Waals surface area contributed by atoms with Gasteiger partial charge in [0.1, 0.15) is 12.1 Å². The Bertz CT molecular complexity index is 375. The molecule has 2 rings (SSSR count). The average Bonchev–Trinajstić information content (AvgIpc) is 2.70. The molecule has 2 aromatic heterocycles. The lowest BCUT2D eigenvalue weighted by Crippen LogP contribution is -1.79. The van der Waals surface area contributed by atoms with E-state index in [9.17, 15) is 0 Å². The normalized spacial score (nSPS) is 10.6. The van der Waals surface area contributed by atoms with Crippen molar-refractivity contribution in [1.29, 1.82) is 0 Å². The van der Waals surface area contributed by atoms with Gasteiger partial charge in [-0.15, -0.1) is 5.10 Å². The molecule has 0 amide bonds. The fraction of sp³-hybridized carbons (Fsp3) is 0.286. The minimum Gasteiger partial charge on any atom is -0.360 e.